The summed E-state index contributed by atoms with van der Waals surface area (Å²) in [5, 5.41) is 11.4. The van der Waals surface area contributed by atoms with Gasteiger partial charge in [-0.2, -0.15) is 18.4 Å². The first-order valence-electron chi connectivity index (χ1n) is 6.48. The number of nitriles is 1. The van der Waals surface area contributed by atoms with Crippen molar-refractivity contribution < 1.29 is 18.0 Å². The normalized spacial score (nSPS) is 16.1. The standard InChI is InChI=1S/C14H14F3N3O/c15-14(16,17)10-3-4-12(9(5-10)7-18)20-13(21)6-11(19)8-1-2-8/h3-5,8,11H,1-2,6,19H2,(H,20,21). The molecule has 0 heterocycles. The number of rotatable bonds is 4. The van der Waals surface area contributed by atoms with Crippen molar-refractivity contribution in [3.05, 3.63) is 29.3 Å². The summed E-state index contributed by atoms with van der Waals surface area (Å²) >= 11 is 0. The molecule has 112 valence electrons. The van der Waals surface area contributed by atoms with Crippen molar-refractivity contribution in [2.75, 3.05) is 5.32 Å². The van der Waals surface area contributed by atoms with Crippen molar-refractivity contribution in [2.24, 2.45) is 11.7 Å². The highest BCUT2D eigenvalue weighted by Crippen LogP contribution is 2.33. The minimum atomic E-state index is -4.53. The lowest BCUT2D eigenvalue weighted by Gasteiger charge is -2.13. The van der Waals surface area contributed by atoms with Crippen LogP contribution in [0.15, 0.2) is 18.2 Å². The van der Waals surface area contributed by atoms with Crippen molar-refractivity contribution in [3.8, 4) is 6.07 Å². The molecule has 1 aromatic rings. The number of anilines is 1. The fraction of sp³-hybridized carbons (Fsp3) is 0.429. The maximum Gasteiger partial charge on any atom is 0.416 e. The average Bonchev–Trinajstić information content (AvgIpc) is 3.21. The second kappa shape index (κ2) is 5.74. The van der Waals surface area contributed by atoms with Gasteiger partial charge in [-0.3, -0.25) is 4.79 Å². The molecule has 0 aromatic heterocycles. The Morgan fingerprint density at radius 2 is 2.14 bits per heavy atom. The van der Waals surface area contributed by atoms with Gasteiger partial charge in [0.05, 0.1) is 16.8 Å². The van der Waals surface area contributed by atoms with Gasteiger partial charge in [-0.25, -0.2) is 0 Å². The molecule has 1 amide bonds. The van der Waals surface area contributed by atoms with Crippen LogP contribution in [-0.2, 0) is 11.0 Å². The maximum atomic E-state index is 12.6. The lowest BCUT2D eigenvalue weighted by atomic mass is 10.1. The van der Waals surface area contributed by atoms with E-state index in [1.807, 2.05) is 0 Å². The molecule has 3 N–H and O–H groups in total. The number of carbonyl (C=O) groups is 1. The van der Waals surface area contributed by atoms with Crippen molar-refractivity contribution in [1.82, 2.24) is 0 Å². The lowest BCUT2D eigenvalue weighted by Crippen LogP contribution is -2.29. The summed E-state index contributed by atoms with van der Waals surface area (Å²) in [5.74, 6) is -0.0514. The molecule has 1 saturated carbocycles. The van der Waals surface area contributed by atoms with Crippen molar-refractivity contribution in [2.45, 2.75) is 31.5 Å². The van der Waals surface area contributed by atoms with E-state index in [1.54, 1.807) is 6.07 Å². The topological polar surface area (TPSA) is 78.9 Å². The van der Waals surface area contributed by atoms with Crippen LogP contribution >= 0.6 is 0 Å². The van der Waals surface area contributed by atoms with Gasteiger partial charge < -0.3 is 11.1 Å². The summed E-state index contributed by atoms with van der Waals surface area (Å²) in [7, 11) is 0. The Hall–Kier alpha value is -2.07. The third-order valence-electron chi connectivity index (χ3n) is 3.39. The van der Waals surface area contributed by atoms with E-state index in [0.29, 0.717) is 5.92 Å². The predicted molar refractivity (Wildman–Crippen MR) is 70.1 cm³/mol. The Bertz CT molecular complexity index is 588. The zero-order valence-electron chi connectivity index (χ0n) is 11.1. The van der Waals surface area contributed by atoms with Crippen LogP contribution in [0.2, 0.25) is 0 Å². The smallest absolute Gasteiger partial charge is 0.327 e. The monoisotopic (exact) mass is 297 g/mol. The number of carbonyl (C=O) groups excluding carboxylic acids is 1. The van der Waals surface area contributed by atoms with Crippen LogP contribution in [0, 0.1) is 17.2 Å². The van der Waals surface area contributed by atoms with Gasteiger partial charge >= 0.3 is 6.18 Å². The van der Waals surface area contributed by atoms with Gasteiger partial charge in [-0.1, -0.05) is 0 Å². The maximum absolute atomic E-state index is 12.6. The van der Waals surface area contributed by atoms with Crippen LogP contribution < -0.4 is 11.1 Å². The minimum Gasteiger partial charge on any atom is -0.327 e. The summed E-state index contributed by atoms with van der Waals surface area (Å²) in [6.07, 6.45) is -2.44. The number of hydrogen-bond acceptors (Lipinski definition) is 3. The molecule has 7 heteroatoms. The lowest BCUT2D eigenvalue weighted by molar-refractivity contribution is -0.137. The molecule has 21 heavy (non-hydrogen) atoms. The molecule has 1 aliphatic carbocycles. The van der Waals surface area contributed by atoms with E-state index < -0.39 is 17.6 Å². The van der Waals surface area contributed by atoms with Gasteiger partial charge in [-0.15, -0.1) is 0 Å². The summed E-state index contributed by atoms with van der Waals surface area (Å²) in [6.45, 7) is 0. The first-order chi connectivity index (χ1) is 9.81. The van der Waals surface area contributed by atoms with Gasteiger partial charge in [0.25, 0.3) is 0 Å². The highest BCUT2D eigenvalue weighted by molar-refractivity contribution is 5.92. The average molecular weight is 297 g/mol. The summed E-state index contributed by atoms with van der Waals surface area (Å²) in [5.41, 5.74) is 4.73. The Balaban J connectivity index is 2.09. The molecule has 1 aliphatic rings. The fourth-order valence-electron chi connectivity index (χ4n) is 2.03. The SMILES string of the molecule is N#Cc1cc(C(F)(F)F)ccc1NC(=O)CC(N)C1CC1. The predicted octanol–water partition coefficient (Wildman–Crippen LogP) is 2.64. The van der Waals surface area contributed by atoms with Crippen LogP contribution in [-0.4, -0.2) is 11.9 Å². The number of amides is 1. The van der Waals surface area contributed by atoms with Crippen LogP contribution in [0.1, 0.15) is 30.4 Å². The van der Waals surface area contributed by atoms with Crippen LogP contribution in [0.25, 0.3) is 0 Å². The van der Waals surface area contributed by atoms with E-state index in [2.05, 4.69) is 5.32 Å². The molecule has 0 saturated heterocycles. The second-order valence-electron chi connectivity index (χ2n) is 5.12. The van der Waals surface area contributed by atoms with E-state index in [-0.39, 0.29) is 23.7 Å². The first kappa shape index (κ1) is 15.3. The molecule has 2 rings (SSSR count). The third kappa shape index (κ3) is 3.95. The van der Waals surface area contributed by atoms with Crippen molar-refractivity contribution in [1.29, 1.82) is 5.26 Å². The number of nitrogens with one attached hydrogen (secondary N) is 1. The Morgan fingerprint density at radius 3 is 2.67 bits per heavy atom. The van der Waals surface area contributed by atoms with Crippen molar-refractivity contribution in [3.63, 3.8) is 0 Å². The summed E-state index contributed by atoms with van der Waals surface area (Å²) in [4.78, 5) is 11.8. The molecule has 1 unspecified atom stereocenters. The third-order valence-corrected chi connectivity index (χ3v) is 3.39. The number of hydrogen-bond donors (Lipinski definition) is 2. The first-order valence-corrected chi connectivity index (χ1v) is 6.48. The van der Waals surface area contributed by atoms with E-state index >= 15 is 0 Å². The van der Waals surface area contributed by atoms with E-state index in [4.69, 9.17) is 11.0 Å². The molecule has 1 aromatic carbocycles. The number of halogens is 3. The van der Waals surface area contributed by atoms with Gasteiger partial charge in [0.15, 0.2) is 0 Å². The Kier molecular flexibility index (Phi) is 4.19. The number of alkyl halides is 3. The van der Waals surface area contributed by atoms with E-state index in [0.717, 1.165) is 31.0 Å². The molecule has 0 bridgehead atoms. The zero-order valence-corrected chi connectivity index (χ0v) is 11.1. The summed E-state index contributed by atoms with van der Waals surface area (Å²) in [6, 6.07) is 4.05. The van der Waals surface area contributed by atoms with Crippen LogP contribution in [0.3, 0.4) is 0 Å². The molecule has 0 spiro atoms. The molecule has 1 atom stereocenters. The number of benzene rings is 1. The Morgan fingerprint density at radius 1 is 1.48 bits per heavy atom. The van der Waals surface area contributed by atoms with Crippen molar-refractivity contribution >= 4 is 11.6 Å². The van der Waals surface area contributed by atoms with E-state index in [9.17, 15) is 18.0 Å². The Labute approximate surface area is 119 Å². The van der Waals surface area contributed by atoms with E-state index in [1.165, 1.54) is 0 Å². The van der Waals surface area contributed by atoms with Gasteiger partial charge in [0.2, 0.25) is 5.91 Å². The van der Waals surface area contributed by atoms with Crippen LogP contribution in [0.4, 0.5) is 18.9 Å². The molecule has 0 radical (unpaired) electrons. The molecule has 1 fully saturated rings. The molecule has 4 nitrogen and oxygen atoms in total. The number of nitrogens with zero attached hydrogens (tertiary/aromatic N) is 1. The quantitative estimate of drug-likeness (QED) is 0.896. The van der Waals surface area contributed by atoms with Gasteiger partial charge in [-0.05, 0) is 37.0 Å². The largest absolute Gasteiger partial charge is 0.416 e. The summed E-state index contributed by atoms with van der Waals surface area (Å²) < 4.78 is 37.7. The molecule has 0 aliphatic heterocycles. The van der Waals surface area contributed by atoms with Gasteiger partial charge in [0.1, 0.15) is 6.07 Å². The minimum absolute atomic E-state index is 0.0681. The second-order valence-corrected chi connectivity index (χ2v) is 5.12. The highest BCUT2D eigenvalue weighted by Gasteiger charge is 2.32. The highest BCUT2D eigenvalue weighted by atomic mass is 19.4. The molecular formula is C14H14F3N3O. The van der Waals surface area contributed by atoms with Crippen LogP contribution in [0.5, 0.6) is 0 Å². The van der Waals surface area contributed by atoms with Gasteiger partial charge in [0, 0.05) is 12.5 Å². The zero-order chi connectivity index (χ0) is 15.6. The molecular weight excluding hydrogens is 283 g/mol. The fourth-order valence-corrected chi connectivity index (χ4v) is 2.03. The number of nitrogens with two attached hydrogens (primary N) is 1.